The molecule has 2 rings (SSSR count). The van der Waals surface area contributed by atoms with Crippen molar-refractivity contribution in [2.75, 3.05) is 24.2 Å². The van der Waals surface area contributed by atoms with Crippen LogP contribution in [0, 0.1) is 11.8 Å². The third-order valence-corrected chi connectivity index (χ3v) is 4.24. The molecule has 0 amide bonds. The van der Waals surface area contributed by atoms with Gasteiger partial charge in [0, 0.05) is 6.54 Å². The van der Waals surface area contributed by atoms with Gasteiger partial charge in [0.25, 0.3) is 0 Å². The predicted octanol–water partition coefficient (Wildman–Crippen LogP) is 4.08. The highest BCUT2D eigenvalue weighted by Crippen LogP contribution is 2.30. The quantitative estimate of drug-likeness (QED) is 0.794. The van der Waals surface area contributed by atoms with Gasteiger partial charge in [-0.2, -0.15) is 4.98 Å². The maximum atomic E-state index is 5.88. The summed E-state index contributed by atoms with van der Waals surface area (Å²) in [5, 5.41) is 3.40. The summed E-state index contributed by atoms with van der Waals surface area (Å²) in [5.74, 6) is 3.17. The standard InChI is InChI=1S/C17H29N3O/c1-3-11-21-17-15(18)7-8-16(20-17)19-10-9-14-6-4-5-13(2)12-14/h7-8,13-14H,3-6,9-12,18H2,1-2H3,(H,19,20). The summed E-state index contributed by atoms with van der Waals surface area (Å²) in [7, 11) is 0. The van der Waals surface area contributed by atoms with Gasteiger partial charge in [0.05, 0.1) is 12.3 Å². The van der Waals surface area contributed by atoms with Crippen LogP contribution in [-0.2, 0) is 0 Å². The van der Waals surface area contributed by atoms with E-state index in [1.165, 1.54) is 32.1 Å². The van der Waals surface area contributed by atoms with Crippen LogP contribution in [0.2, 0.25) is 0 Å². The van der Waals surface area contributed by atoms with Crippen LogP contribution in [0.4, 0.5) is 11.5 Å². The lowest BCUT2D eigenvalue weighted by atomic mass is 9.81. The van der Waals surface area contributed by atoms with Crippen LogP contribution in [0.5, 0.6) is 5.88 Å². The molecule has 0 spiro atoms. The van der Waals surface area contributed by atoms with Crippen LogP contribution in [0.25, 0.3) is 0 Å². The van der Waals surface area contributed by atoms with E-state index in [0.717, 1.165) is 30.6 Å². The smallest absolute Gasteiger partial charge is 0.239 e. The number of rotatable bonds is 7. The number of anilines is 2. The highest BCUT2D eigenvalue weighted by molar-refractivity contribution is 5.53. The highest BCUT2D eigenvalue weighted by atomic mass is 16.5. The van der Waals surface area contributed by atoms with E-state index in [9.17, 15) is 0 Å². The molecule has 1 aromatic rings. The minimum absolute atomic E-state index is 0.549. The van der Waals surface area contributed by atoms with Crippen molar-refractivity contribution in [2.24, 2.45) is 11.8 Å². The number of hydrogen-bond donors (Lipinski definition) is 2. The summed E-state index contributed by atoms with van der Waals surface area (Å²) in [6, 6.07) is 3.79. The molecule has 2 unspecified atom stereocenters. The van der Waals surface area contributed by atoms with E-state index >= 15 is 0 Å². The molecule has 4 heteroatoms. The zero-order valence-corrected chi connectivity index (χ0v) is 13.4. The number of nitrogens with zero attached hydrogens (tertiary/aromatic N) is 1. The van der Waals surface area contributed by atoms with E-state index in [2.05, 4.69) is 24.1 Å². The number of nitrogens with one attached hydrogen (secondary N) is 1. The van der Waals surface area contributed by atoms with Gasteiger partial charge in [-0.1, -0.05) is 33.1 Å². The van der Waals surface area contributed by atoms with Gasteiger partial charge in [-0.3, -0.25) is 0 Å². The lowest BCUT2D eigenvalue weighted by molar-refractivity contribution is 0.274. The minimum atomic E-state index is 0.549. The summed E-state index contributed by atoms with van der Waals surface area (Å²) >= 11 is 0. The molecule has 1 aliphatic carbocycles. The van der Waals surface area contributed by atoms with Gasteiger partial charge in [0.1, 0.15) is 5.82 Å². The Hall–Kier alpha value is -1.45. The van der Waals surface area contributed by atoms with Crippen LogP contribution in [0.3, 0.4) is 0 Å². The van der Waals surface area contributed by atoms with E-state index in [-0.39, 0.29) is 0 Å². The van der Waals surface area contributed by atoms with Crippen molar-refractivity contribution in [3.8, 4) is 5.88 Å². The Morgan fingerprint density at radius 1 is 1.38 bits per heavy atom. The molecule has 1 heterocycles. The molecular formula is C17H29N3O. The molecule has 0 saturated heterocycles. The Labute approximate surface area is 128 Å². The van der Waals surface area contributed by atoms with Gasteiger partial charge >= 0.3 is 0 Å². The third-order valence-electron chi connectivity index (χ3n) is 4.24. The lowest BCUT2D eigenvalue weighted by Gasteiger charge is -2.26. The number of ether oxygens (including phenoxy) is 1. The van der Waals surface area contributed by atoms with Crippen LogP contribution >= 0.6 is 0 Å². The number of pyridine rings is 1. The van der Waals surface area contributed by atoms with Crippen LogP contribution in [0.1, 0.15) is 52.4 Å². The normalized spacial score (nSPS) is 22.0. The Bertz CT molecular complexity index is 436. The van der Waals surface area contributed by atoms with Crippen LogP contribution < -0.4 is 15.8 Å². The molecule has 0 bridgehead atoms. The maximum absolute atomic E-state index is 5.88. The molecule has 1 saturated carbocycles. The van der Waals surface area contributed by atoms with Crippen molar-refractivity contribution in [3.05, 3.63) is 12.1 Å². The van der Waals surface area contributed by atoms with Crippen molar-refractivity contribution in [2.45, 2.75) is 52.4 Å². The fourth-order valence-electron chi connectivity index (χ4n) is 3.09. The molecule has 0 radical (unpaired) electrons. The summed E-state index contributed by atoms with van der Waals surface area (Å²) in [6.45, 7) is 6.07. The molecule has 21 heavy (non-hydrogen) atoms. The van der Waals surface area contributed by atoms with Gasteiger partial charge in [0.2, 0.25) is 5.88 Å². The monoisotopic (exact) mass is 291 g/mol. The molecule has 1 fully saturated rings. The molecule has 1 aromatic heterocycles. The predicted molar refractivity (Wildman–Crippen MR) is 88.7 cm³/mol. The number of hydrogen-bond acceptors (Lipinski definition) is 4. The van der Waals surface area contributed by atoms with Gasteiger partial charge in [0.15, 0.2) is 0 Å². The molecule has 1 aliphatic rings. The first kappa shape index (κ1) is 15.9. The van der Waals surface area contributed by atoms with Gasteiger partial charge in [-0.25, -0.2) is 0 Å². The van der Waals surface area contributed by atoms with E-state index in [4.69, 9.17) is 10.5 Å². The first-order chi connectivity index (χ1) is 10.2. The van der Waals surface area contributed by atoms with Crippen LogP contribution in [-0.4, -0.2) is 18.1 Å². The molecule has 4 nitrogen and oxygen atoms in total. The summed E-state index contributed by atoms with van der Waals surface area (Å²) in [5.41, 5.74) is 6.48. The molecular weight excluding hydrogens is 262 g/mol. The van der Waals surface area contributed by atoms with Crippen molar-refractivity contribution in [1.29, 1.82) is 0 Å². The van der Waals surface area contributed by atoms with E-state index in [1.807, 2.05) is 12.1 Å². The average Bonchev–Trinajstić information content (AvgIpc) is 2.48. The van der Waals surface area contributed by atoms with Crippen molar-refractivity contribution >= 4 is 11.5 Å². The zero-order chi connectivity index (χ0) is 15.1. The largest absolute Gasteiger partial charge is 0.476 e. The third kappa shape index (κ3) is 5.10. The molecule has 118 valence electrons. The van der Waals surface area contributed by atoms with Crippen molar-refractivity contribution in [1.82, 2.24) is 4.98 Å². The number of aromatic nitrogens is 1. The first-order valence-electron chi connectivity index (χ1n) is 8.32. The zero-order valence-electron chi connectivity index (χ0n) is 13.4. The SMILES string of the molecule is CCCOc1nc(NCCC2CCCC(C)C2)ccc1N. The van der Waals surface area contributed by atoms with Gasteiger partial charge in [-0.05, 0) is 43.2 Å². The van der Waals surface area contributed by atoms with Crippen LogP contribution in [0.15, 0.2) is 12.1 Å². The Morgan fingerprint density at radius 2 is 2.24 bits per heavy atom. The summed E-state index contributed by atoms with van der Waals surface area (Å²) in [4.78, 5) is 4.45. The second-order valence-electron chi connectivity index (χ2n) is 6.29. The van der Waals surface area contributed by atoms with Crippen molar-refractivity contribution in [3.63, 3.8) is 0 Å². The molecule has 0 aromatic carbocycles. The molecule has 2 atom stereocenters. The molecule has 0 aliphatic heterocycles. The van der Waals surface area contributed by atoms with E-state index in [0.29, 0.717) is 18.2 Å². The Morgan fingerprint density at radius 3 is 3.00 bits per heavy atom. The average molecular weight is 291 g/mol. The Kier molecular flexibility index (Phi) is 6.15. The van der Waals surface area contributed by atoms with E-state index < -0.39 is 0 Å². The van der Waals surface area contributed by atoms with Gasteiger partial charge in [-0.15, -0.1) is 0 Å². The fourth-order valence-corrected chi connectivity index (χ4v) is 3.09. The Balaban J connectivity index is 1.79. The first-order valence-corrected chi connectivity index (χ1v) is 8.32. The molecule has 3 N–H and O–H groups in total. The number of nitrogen functional groups attached to an aromatic ring is 1. The topological polar surface area (TPSA) is 60.2 Å². The van der Waals surface area contributed by atoms with E-state index in [1.54, 1.807) is 0 Å². The van der Waals surface area contributed by atoms with Gasteiger partial charge < -0.3 is 15.8 Å². The number of nitrogens with two attached hydrogens (primary N) is 1. The lowest BCUT2D eigenvalue weighted by Crippen LogP contribution is -2.17. The highest BCUT2D eigenvalue weighted by Gasteiger charge is 2.18. The van der Waals surface area contributed by atoms with Crippen molar-refractivity contribution < 1.29 is 4.74 Å². The second kappa shape index (κ2) is 8.11. The minimum Gasteiger partial charge on any atom is -0.476 e. The summed E-state index contributed by atoms with van der Waals surface area (Å²) in [6.07, 6.45) is 7.73. The summed E-state index contributed by atoms with van der Waals surface area (Å²) < 4.78 is 5.56. The fraction of sp³-hybridized carbons (Fsp3) is 0.706. The maximum Gasteiger partial charge on any atom is 0.239 e. The second-order valence-corrected chi connectivity index (χ2v) is 6.29.